The van der Waals surface area contributed by atoms with Crippen LogP contribution in [0.5, 0.6) is 17.2 Å². The number of hydrogen-bond donors (Lipinski definition) is 3. The number of nitrogens with zero attached hydrogens (tertiary/aromatic N) is 3. The number of carbonyl (C=O) groups excluding carboxylic acids is 2. The first-order chi connectivity index (χ1) is 10.9. The zero-order valence-electron chi connectivity index (χ0n) is 12.4. The van der Waals surface area contributed by atoms with Crippen molar-refractivity contribution >= 4 is 11.8 Å². The van der Waals surface area contributed by atoms with E-state index in [9.17, 15) is 24.9 Å². The lowest BCUT2D eigenvalue weighted by Crippen LogP contribution is -2.37. The Kier molecular flexibility index (Phi) is 4.91. The highest BCUT2D eigenvalue weighted by Gasteiger charge is 2.24. The molecule has 3 N–H and O–H groups in total. The van der Waals surface area contributed by atoms with Gasteiger partial charge in [-0.05, 0) is 18.6 Å². The molecular formula is C15H17N3O5. The van der Waals surface area contributed by atoms with E-state index in [1.54, 1.807) is 4.90 Å². The van der Waals surface area contributed by atoms with Crippen molar-refractivity contribution in [1.29, 1.82) is 5.26 Å². The lowest BCUT2D eigenvalue weighted by molar-refractivity contribution is -0.130. The second-order valence-electron chi connectivity index (χ2n) is 5.22. The minimum Gasteiger partial charge on any atom is -0.504 e. The van der Waals surface area contributed by atoms with E-state index in [0.29, 0.717) is 32.6 Å². The molecule has 0 saturated carbocycles. The average molecular weight is 319 g/mol. The molecule has 8 nitrogen and oxygen atoms in total. The fourth-order valence-electron chi connectivity index (χ4n) is 2.46. The fraction of sp³-hybridized carbons (Fsp3) is 0.400. The Bertz CT molecular complexity index is 645. The maximum absolute atomic E-state index is 12.4. The zero-order chi connectivity index (χ0) is 17.0. The van der Waals surface area contributed by atoms with Gasteiger partial charge in [0.15, 0.2) is 17.2 Å². The number of phenolic OH excluding ortho intramolecular Hbond substituents is 3. The number of rotatable bonds is 2. The van der Waals surface area contributed by atoms with Gasteiger partial charge in [0.2, 0.25) is 5.91 Å². The van der Waals surface area contributed by atoms with Gasteiger partial charge in [-0.1, -0.05) is 0 Å². The number of nitriles is 1. The number of benzene rings is 1. The molecule has 0 spiro atoms. The maximum Gasteiger partial charge on any atom is 0.254 e. The van der Waals surface area contributed by atoms with E-state index in [-0.39, 0.29) is 17.9 Å². The first kappa shape index (κ1) is 16.4. The quantitative estimate of drug-likeness (QED) is 0.677. The molecule has 8 heteroatoms. The molecule has 2 amide bonds. The van der Waals surface area contributed by atoms with Crippen LogP contribution in [0.15, 0.2) is 12.1 Å². The van der Waals surface area contributed by atoms with Crippen LogP contribution in [-0.4, -0.2) is 63.1 Å². The van der Waals surface area contributed by atoms with Crippen LogP contribution in [0.1, 0.15) is 23.2 Å². The van der Waals surface area contributed by atoms with Gasteiger partial charge >= 0.3 is 0 Å². The van der Waals surface area contributed by atoms with Crippen molar-refractivity contribution in [2.75, 3.05) is 26.2 Å². The Hall–Kier alpha value is -2.95. The first-order valence-electron chi connectivity index (χ1n) is 7.13. The lowest BCUT2D eigenvalue weighted by Gasteiger charge is -2.22. The largest absolute Gasteiger partial charge is 0.504 e. The molecule has 1 aromatic carbocycles. The van der Waals surface area contributed by atoms with E-state index in [0.717, 1.165) is 12.1 Å². The Balaban J connectivity index is 2.09. The third-order valence-corrected chi connectivity index (χ3v) is 3.68. The van der Waals surface area contributed by atoms with Crippen LogP contribution in [0.2, 0.25) is 0 Å². The third-order valence-electron chi connectivity index (χ3n) is 3.68. The van der Waals surface area contributed by atoms with Crippen LogP contribution in [0.25, 0.3) is 0 Å². The van der Waals surface area contributed by atoms with E-state index in [1.165, 1.54) is 4.90 Å². The van der Waals surface area contributed by atoms with Crippen molar-refractivity contribution in [1.82, 2.24) is 9.80 Å². The molecule has 1 aliphatic rings. The summed E-state index contributed by atoms with van der Waals surface area (Å²) >= 11 is 0. The highest BCUT2D eigenvalue weighted by atomic mass is 16.3. The molecule has 122 valence electrons. The van der Waals surface area contributed by atoms with Gasteiger partial charge in [0.1, 0.15) is 6.42 Å². The number of hydrogen-bond acceptors (Lipinski definition) is 6. The maximum atomic E-state index is 12.4. The van der Waals surface area contributed by atoms with Crippen LogP contribution in [-0.2, 0) is 4.79 Å². The van der Waals surface area contributed by atoms with E-state index >= 15 is 0 Å². The standard InChI is InChI=1S/C15H17N3O5/c16-3-2-13(21)17-4-1-5-18(7-6-17)15(23)10-8-11(19)14(22)12(20)9-10/h8-9,19-20,22H,1-2,4-7H2. The van der Waals surface area contributed by atoms with Gasteiger partial charge in [-0.3, -0.25) is 9.59 Å². The Morgan fingerprint density at radius 1 is 1.04 bits per heavy atom. The molecule has 0 atom stereocenters. The molecule has 1 aromatic rings. The second kappa shape index (κ2) is 6.87. The van der Waals surface area contributed by atoms with Crippen molar-refractivity contribution in [3.63, 3.8) is 0 Å². The average Bonchev–Trinajstić information content (AvgIpc) is 2.77. The predicted molar refractivity (Wildman–Crippen MR) is 78.8 cm³/mol. The van der Waals surface area contributed by atoms with Crippen LogP contribution < -0.4 is 0 Å². The molecule has 0 bridgehead atoms. The SMILES string of the molecule is N#CCC(=O)N1CCCN(C(=O)c2cc(O)c(O)c(O)c2)CC1. The highest BCUT2D eigenvalue weighted by Crippen LogP contribution is 2.35. The van der Waals surface area contributed by atoms with Crippen molar-refractivity contribution in [2.45, 2.75) is 12.8 Å². The Morgan fingerprint density at radius 3 is 2.22 bits per heavy atom. The Labute approximate surface area is 132 Å². The smallest absolute Gasteiger partial charge is 0.254 e. The second-order valence-corrected chi connectivity index (χ2v) is 5.22. The number of amides is 2. The van der Waals surface area contributed by atoms with Crippen molar-refractivity contribution < 1.29 is 24.9 Å². The summed E-state index contributed by atoms with van der Waals surface area (Å²) in [5.41, 5.74) is 0.0506. The van der Waals surface area contributed by atoms with Crippen LogP contribution in [0.4, 0.5) is 0 Å². The van der Waals surface area contributed by atoms with E-state index in [4.69, 9.17) is 5.26 Å². The molecule has 0 aromatic heterocycles. The molecule has 23 heavy (non-hydrogen) atoms. The highest BCUT2D eigenvalue weighted by molar-refractivity contribution is 5.95. The van der Waals surface area contributed by atoms with Crippen molar-refractivity contribution in [3.8, 4) is 23.3 Å². The number of phenols is 3. The molecule has 0 aliphatic carbocycles. The van der Waals surface area contributed by atoms with Crippen LogP contribution >= 0.6 is 0 Å². The lowest BCUT2D eigenvalue weighted by atomic mass is 10.1. The number of aromatic hydroxyl groups is 3. The van der Waals surface area contributed by atoms with Gasteiger partial charge in [0.05, 0.1) is 6.07 Å². The Morgan fingerprint density at radius 2 is 1.61 bits per heavy atom. The predicted octanol–water partition coefficient (Wildman–Crippen LogP) is 0.392. The normalized spacial score (nSPS) is 14.9. The summed E-state index contributed by atoms with van der Waals surface area (Å²) in [5, 5.41) is 36.9. The van der Waals surface area contributed by atoms with Crippen LogP contribution in [0, 0.1) is 11.3 Å². The van der Waals surface area contributed by atoms with Gasteiger partial charge in [0.25, 0.3) is 5.91 Å². The third kappa shape index (κ3) is 3.63. The summed E-state index contributed by atoms with van der Waals surface area (Å²) in [6.45, 7) is 1.49. The minimum atomic E-state index is -0.675. The summed E-state index contributed by atoms with van der Waals surface area (Å²) in [6.07, 6.45) is 0.382. The minimum absolute atomic E-state index is 0.0506. The van der Waals surface area contributed by atoms with E-state index in [2.05, 4.69) is 0 Å². The number of carbonyl (C=O) groups is 2. The van der Waals surface area contributed by atoms with Gasteiger partial charge in [0, 0.05) is 31.7 Å². The summed E-state index contributed by atoms with van der Waals surface area (Å²) < 4.78 is 0. The van der Waals surface area contributed by atoms with Crippen molar-refractivity contribution in [2.24, 2.45) is 0 Å². The molecule has 1 fully saturated rings. The molecule has 0 unspecified atom stereocenters. The van der Waals surface area contributed by atoms with Crippen molar-refractivity contribution in [3.05, 3.63) is 17.7 Å². The van der Waals surface area contributed by atoms with E-state index in [1.807, 2.05) is 6.07 Å². The van der Waals surface area contributed by atoms with Crippen LogP contribution in [0.3, 0.4) is 0 Å². The summed E-state index contributed by atoms with van der Waals surface area (Å²) in [7, 11) is 0. The summed E-state index contributed by atoms with van der Waals surface area (Å²) in [4.78, 5) is 27.2. The fourth-order valence-corrected chi connectivity index (χ4v) is 2.46. The monoisotopic (exact) mass is 319 g/mol. The molecule has 1 aliphatic heterocycles. The molecule has 1 saturated heterocycles. The molecule has 2 rings (SSSR count). The zero-order valence-corrected chi connectivity index (χ0v) is 12.4. The topological polar surface area (TPSA) is 125 Å². The molecule has 0 radical (unpaired) electrons. The summed E-state index contributed by atoms with van der Waals surface area (Å²) in [5.74, 6) is -2.50. The first-order valence-corrected chi connectivity index (χ1v) is 7.13. The summed E-state index contributed by atoms with van der Waals surface area (Å²) in [6, 6.07) is 3.98. The molecular weight excluding hydrogens is 302 g/mol. The van der Waals surface area contributed by atoms with Gasteiger partial charge in [-0.15, -0.1) is 0 Å². The van der Waals surface area contributed by atoms with E-state index < -0.39 is 23.2 Å². The van der Waals surface area contributed by atoms with Gasteiger partial charge in [-0.2, -0.15) is 5.26 Å². The van der Waals surface area contributed by atoms with Gasteiger partial charge in [-0.25, -0.2) is 0 Å². The molecule has 1 heterocycles. The van der Waals surface area contributed by atoms with Gasteiger partial charge < -0.3 is 25.1 Å².